The molecule has 1 atom stereocenters. The second kappa shape index (κ2) is 18.2. The Morgan fingerprint density at radius 1 is 0.707 bits per heavy atom. The van der Waals surface area contributed by atoms with Crippen LogP contribution >= 0.6 is 0 Å². The zero-order valence-corrected chi connectivity index (χ0v) is 23.5. The van der Waals surface area contributed by atoms with E-state index in [9.17, 15) is 39.6 Å². The number of carboxylic acid groups (broad SMARTS) is 4. The molecule has 0 amide bonds. The maximum absolute atomic E-state index is 11.9. The highest BCUT2D eigenvalue weighted by Gasteiger charge is 2.27. The minimum atomic E-state index is -1.05. The molecule has 0 aliphatic carbocycles. The highest BCUT2D eigenvalue weighted by atomic mass is 16.5. The van der Waals surface area contributed by atoms with Crippen molar-refractivity contribution in [2.24, 2.45) is 0 Å². The van der Waals surface area contributed by atoms with Crippen molar-refractivity contribution in [3.05, 3.63) is 29.8 Å². The topological polar surface area (TPSA) is 181 Å². The Morgan fingerprint density at radius 3 is 1.71 bits per heavy atom. The van der Waals surface area contributed by atoms with Crippen molar-refractivity contribution in [1.29, 1.82) is 0 Å². The monoisotopic (exact) mass is 582 g/mol. The lowest BCUT2D eigenvalue weighted by Crippen LogP contribution is -2.53. The van der Waals surface area contributed by atoms with Crippen LogP contribution in [0.5, 0.6) is 5.75 Å². The van der Waals surface area contributed by atoms with Gasteiger partial charge < -0.3 is 29.9 Å². The van der Waals surface area contributed by atoms with E-state index in [1.807, 2.05) is 31.2 Å². The fourth-order valence-corrected chi connectivity index (χ4v) is 4.71. The van der Waals surface area contributed by atoms with Crippen LogP contribution < -0.4 is 4.74 Å². The Morgan fingerprint density at radius 2 is 1.20 bits per heavy atom. The second-order valence-electron chi connectivity index (χ2n) is 9.88. The van der Waals surface area contributed by atoms with Gasteiger partial charge in [-0.3, -0.25) is 38.8 Å². The number of nitrogens with zero attached hydrogens (tertiary/aromatic N) is 4. The van der Waals surface area contributed by atoms with Crippen molar-refractivity contribution < 1.29 is 49.1 Å². The molecular formula is C27H42N4O10. The number of hydrogen-bond donors (Lipinski definition) is 4. The van der Waals surface area contributed by atoms with E-state index in [4.69, 9.17) is 9.47 Å². The molecule has 41 heavy (non-hydrogen) atoms. The van der Waals surface area contributed by atoms with Crippen molar-refractivity contribution in [2.45, 2.75) is 19.4 Å². The molecule has 0 spiro atoms. The van der Waals surface area contributed by atoms with Gasteiger partial charge in [0.2, 0.25) is 0 Å². The molecule has 1 heterocycles. The van der Waals surface area contributed by atoms with Gasteiger partial charge >= 0.3 is 23.9 Å². The van der Waals surface area contributed by atoms with Crippen LogP contribution in [-0.2, 0) is 30.3 Å². The van der Waals surface area contributed by atoms with E-state index in [0.717, 1.165) is 5.56 Å². The summed E-state index contributed by atoms with van der Waals surface area (Å²) in [6, 6.07) is 6.95. The predicted molar refractivity (Wildman–Crippen MR) is 147 cm³/mol. The minimum absolute atomic E-state index is 0.214. The molecule has 0 aromatic heterocycles. The molecule has 14 heteroatoms. The molecule has 1 aliphatic rings. The lowest BCUT2D eigenvalue weighted by atomic mass is 10.0. The van der Waals surface area contributed by atoms with Crippen molar-refractivity contribution in [1.82, 2.24) is 19.6 Å². The van der Waals surface area contributed by atoms with E-state index in [2.05, 4.69) is 0 Å². The molecule has 0 unspecified atom stereocenters. The van der Waals surface area contributed by atoms with Crippen molar-refractivity contribution in [3.8, 4) is 5.75 Å². The lowest BCUT2D eigenvalue weighted by Gasteiger charge is -2.37. The molecule has 230 valence electrons. The summed E-state index contributed by atoms with van der Waals surface area (Å²) in [4.78, 5) is 53.2. The zero-order chi connectivity index (χ0) is 30.2. The summed E-state index contributed by atoms with van der Waals surface area (Å²) in [6.07, 6.45) is 0.403. The summed E-state index contributed by atoms with van der Waals surface area (Å²) in [6.45, 7) is 3.91. The summed E-state index contributed by atoms with van der Waals surface area (Å²) in [5, 5.41) is 38.0. The fourth-order valence-electron chi connectivity index (χ4n) is 4.71. The van der Waals surface area contributed by atoms with Crippen LogP contribution in [0.15, 0.2) is 24.3 Å². The SMILES string of the molecule is CCOCCOc1ccc(C[C@@H]2CN(CC(=O)O)CCN(CC(=O)O)CCN(CC(=O)O)CCN2CC(=O)O)cc1. The minimum Gasteiger partial charge on any atom is -0.491 e. The Bertz CT molecular complexity index is 977. The quantitative estimate of drug-likeness (QED) is 0.196. The standard InChI is InChI=1S/C27H42N4O10/c1-2-40-13-14-41-23-5-3-21(4-6-23)15-22-16-30(19-26(36)37)10-9-28(17-24(32)33)7-8-29(18-25(34)35)11-12-31(22)20-27(38)39/h3-6,22H,2,7-20H2,1H3,(H,32,33)(H,34,35)(H,36,37)(H,38,39)/t22-/m1/s1. The van der Waals surface area contributed by atoms with Crippen LogP contribution in [-0.4, -0.2) is 162 Å². The Hall–Kier alpha value is -3.30. The van der Waals surface area contributed by atoms with Crippen LogP contribution in [0.1, 0.15) is 12.5 Å². The van der Waals surface area contributed by atoms with Gasteiger partial charge in [0.05, 0.1) is 32.8 Å². The van der Waals surface area contributed by atoms with Gasteiger partial charge in [-0.2, -0.15) is 0 Å². The van der Waals surface area contributed by atoms with Crippen molar-refractivity contribution >= 4 is 23.9 Å². The first-order valence-electron chi connectivity index (χ1n) is 13.6. The number of carboxylic acids is 4. The normalized spacial score (nSPS) is 18.7. The van der Waals surface area contributed by atoms with Gasteiger partial charge in [0.15, 0.2) is 0 Å². The first kappa shape index (κ1) is 33.9. The summed E-state index contributed by atoms with van der Waals surface area (Å²) in [5.74, 6) is -3.53. The Kier molecular flexibility index (Phi) is 15.0. The van der Waals surface area contributed by atoms with Crippen LogP contribution in [0.2, 0.25) is 0 Å². The van der Waals surface area contributed by atoms with Gasteiger partial charge in [-0.1, -0.05) is 12.1 Å². The molecular weight excluding hydrogens is 540 g/mol. The first-order chi connectivity index (χ1) is 19.5. The maximum Gasteiger partial charge on any atom is 0.317 e. The Labute approximate surface area is 239 Å². The molecule has 0 bridgehead atoms. The van der Waals surface area contributed by atoms with Crippen molar-refractivity contribution in [2.75, 3.05) is 91.8 Å². The molecule has 1 saturated heterocycles. The molecule has 14 nitrogen and oxygen atoms in total. The fraction of sp³-hybridized carbons (Fsp3) is 0.630. The summed E-state index contributed by atoms with van der Waals surface area (Å²) in [5.41, 5.74) is 0.889. The lowest BCUT2D eigenvalue weighted by molar-refractivity contribution is -0.142. The molecule has 0 saturated carbocycles. The summed E-state index contributed by atoms with van der Waals surface area (Å²) < 4.78 is 11.0. The molecule has 2 rings (SSSR count). The average molecular weight is 583 g/mol. The molecule has 0 radical (unpaired) electrons. The van der Waals surface area contributed by atoms with Gasteiger partial charge in [-0.25, -0.2) is 0 Å². The average Bonchev–Trinajstić information content (AvgIpc) is 2.88. The number of ether oxygens (including phenoxy) is 2. The van der Waals surface area contributed by atoms with Gasteiger partial charge in [-0.15, -0.1) is 0 Å². The molecule has 4 N–H and O–H groups in total. The maximum atomic E-state index is 11.9. The third-order valence-electron chi connectivity index (χ3n) is 6.66. The van der Waals surface area contributed by atoms with E-state index >= 15 is 0 Å². The Balaban J connectivity index is 2.33. The van der Waals surface area contributed by atoms with E-state index in [1.54, 1.807) is 19.6 Å². The van der Waals surface area contributed by atoms with Gasteiger partial charge in [-0.05, 0) is 31.0 Å². The number of rotatable bonds is 15. The van der Waals surface area contributed by atoms with Gasteiger partial charge in [0.25, 0.3) is 0 Å². The molecule has 1 fully saturated rings. The number of benzene rings is 1. The number of carbonyl (C=O) groups is 4. The highest BCUT2D eigenvalue weighted by Crippen LogP contribution is 2.17. The van der Waals surface area contributed by atoms with Crippen molar-refractivity contribution in [3.63, 3.8) is 0 Å². The van der Waals surface area contributed by atoms with Gasteiger partial charge in [0, 0.05) is 58.5 Å². The van der Waals surface area contributed by atoms with E-state index < -0.39 is 29.9 Å². The smallest absolute Gasteiger partial charge is 0.317 e. The highest BCUT2D eigenvalue weighted by molar-refractivity contribution is 5.70. The summed E-state index contributed by atoms with van der Waals surface area (Å²) >= 11 is 0. The van der Waals surface area contributed by atoms with Gasteiger partial charge in [0.1, 0.15) is 12.4 Å². The van der Waals surface area contributed by atoms with Crippen LogP contribution in [0, 0.1) is 0 Å². The van der Waals surface area contributed by atoms with E-state index in [0.29, 0.717) is 32.0 Å². The number of hydrogen-bond acceptors (Lipinski definition) is 10. The third-order valence-corrected chi connectivity index (χ3v) is 6.66. The number of aliphatic carboxylic acids is 4. The zero-order valence-electron chi connectivity index (χ0n) is 23.5. The van der Waals surface area contributed by atoms with E-state index in [-0.39, 0.29) is 72.0 Å². The molecule has 1 aromatic rings. The van der Waals surface area contributed by atoms with E-state index in [1.165, 1.54) is 0 Å². The third kappa shape index (κ3) is 14.2. The van der Waals surface area contributed by atoms with Crippen LogP contribution in [0.4, 0.5) is 0 Å². The second-order valence-corrected chi connectivity index (χ2v) is 9.88. The summed E-state index contributed by atoms with van der Waals surface area (Å²) in [7, 11) is 0. The predicted octanol–water partition coefficient (Wildman–Crippen LogP) is -0.427. The van der Waals surface area contributed by atoms with Crippen LogP contribution in [0.25, 0.3) is 0 Å². The molecule has 1 aromatic carbocycles. The largest absolute Gasteiger partial charge is 0.491 e. The molecule has 1 aliphatic heterocycles. The first-order valence-corrected chi connectivity index (χ1v) is 13.6. The van der Waals surface area contributed by atoms with Crippen LogP contribution in [0.3, 0.4) is 0 Å².